The second-order valence-corrected chi connectivity index (χ2v) is 7.43. The van der Waals surface area contributed by atoms with Crippen LogP contribution in [-0.4, -0.2) is 18.4 Å². The standard InChI is InChI=1S/C11H12ClN3O2S2/c1-7(9-5-3-4-6-13-9)15-19(16,17)10-8(2)14-11(12)18-10/h3-7,15H,1-2H3. The van der Waals surface area contributed by atoms with Crippen LogP contribution in [0.5, 0.6) is 0 Å². The molecule has 1 N–H and O–H groups in total. The molecule has 1 atom stereocenters. The second kappa shape index (κ2) is 5.54. The van der Waals surface area contributed by atoms with Crippen LogP contribution in [0.25, 0.3) is 0 Å². The Kier molecular flexibility index (Phi) is 4.19. The number of rotatable bonds is 4. The molecule has 2 aromatic rings. The monoisotopic (exact) mass is 317 g/mol. The van der Waals surface area contributed by atoms with Crippen molar-refractivity contribution in [3.63, 3.8) is 0 Å². The van der Waals surface area contributed by atoms with Crippen LogP contribution in [0.2, 0.25) is 4.47 Å². The lowest BCUT2D eigenvalue weighted by molar-refractivity contribution is 0.565. The Balaban J connectivity index is 2.25. The molecule has 2 heterocycles. The maximum absolute atomic E-state index is 12.2. The predicted molar refractivity (Wildman–Crippen MR) is 74.8 cm³/mol. The molecular weight excluding hydrogens is 306 g/mol. The van der Waals surface area contributed by atoms with Gasteiger partial charge in [0.15, 0.2) is 8.68 Å². The highest BCUT2D eigenvalue weighted by molar-refractivity contribution is 7.91. The van der Waals surface area contributed by atoms with E-state index in [1.54, 1.807) is 32.2 Å². The van der Waals surface area contributed by atoms with Gasteiger partial charge in [0.2, 0.25) is 0 Å². The van der Waals surface area contributed by atoms with E-state index in [-0.39, 0.29) is 8.68 Å². The van der Waals surface area contributed by atoms with E-state index in [2.05, 4.69) is 14.7 Å². The van der Waals surface area contributed by atoms with Gasteiger partial charge >= 0.3 is 0 Å². The van der Waals surface area contributed by atoms with Crippen molar-refractivity contribution < 1.29 is 8.42 Å². The first kappa shape index (κ1) is 14.4. The number of thiazole rings is 1. The highest BCUT2D eigenvalue weighted by Gasteiger charge is 2.24. The summed E-state index contributed by atoms with van der Waals surface area (Å²) in [6.45, 7) is 3.35. The Morgan fingerprint density at radius 2 is 2.16 bits per heavy atom. The van der Waals surface area contributed by atoms with Crippen molar-refractivity contribution in [1.82, 2.24) is 14.7 Å². The Morgan fingerprint density at radius 3 is 2.68 bits per heavy atom. The highest BCUT2D eigenvalue weighted by Crippen LogP contribution is 2.27. The van der Waals surface area contributed by atoms with Gasteiger partial charge in [0.05, 0.1) is 17.4 Å². The normalized spacial score (nSPS) is 13.4. The zero-order chi connectivity index (χ0) is 14.0. The molecule has 0 spiro atoms. The van der Waals surface area contributed by atoms with Crippen molar-refractivity contribution in [3.05, 3.63) is 40.3 Å². The molecule has 19 heavy (non-hydrogen) atoms. The smallest absolute Gasteiger partial charge is 0.252 e. The van der Waals surface area contributed by atoms with Gasteiger partial charge in [-0.1, -0.05) is 29.0 Å². The van der Waals surface area contributed by atoms with Gasteiger partial charge in [0.1, 0.15) is 0 Å². The molecule has 5 nitrogen and oxygen atoms in total. The van der Waals surface area contributed by atoms with Gasteiger partial charge < -0.3 is 0 Å². The molecule has 0 fully saturated rings. The summed E-state index contributed by atoms with van der Waals surface area (Å²) in [7, 11) is -3.64. The fraction of sp³-hybridized carbons (Fsp3) is 0.273. The number of hydrogen-bond acceptors (Lipinski definition) is 5. The summed E-state index contributed by atoms with van der Waals surface area (Å²) < 4.78 is 27.4. The molecule has 0 saturated carbocycles. The molecule has 2 aromatic heterocycles. The van der Waals surface area contributed by atoms with Crippen molar-refractivity contribution in [2.24, 2.45) is 0 Å². The first-order chi connectivity index (χ1) is 8.90. The number of pyridine rings is 1. The van der Waals surface area contributed by atoms with E-state index >= 15 is 0 Å². The molecule has 0 amide bonds. The number of halogens is 1. The quantitative estimate of drug-likeness (QED) is 0.940. The van der Waals surface area contributed by atoms with Crippen molar-refractivity contribution in [2.45, 2.75) is 24.1 Å². The van der Waals surface area contributed by atoms with Crippen molar-refractivity contribution in [1.29, 1.82) is 0 Å². The summed E-state index contributed by atoms with van der Waals surface area (Å²) in [5, 5.41) is 0. The Labute approximate surface area is 120 Å². The number of aryl methyl sites for hydroxylation is 1. The van der Waals surface area contributed by atoms with Crippen LogP contribution in [-0.2, 0) is 10.0 Å². The molecule has 0 aliphatic carbocycles. The van der Waals surface area contributed by atoms with Crippen LogP contribution in [0.1, 0.15) is 24.4 Å². The first-order valence-corrected chi connectivity index (χ1v) is 8.14. The molecule has 0 bridgehead atoms. The summed E-state index contributed by atoms with van der Waals surface area (Å²) in [4.78, 5) is 8.03. The third kappa shape index (κ3) is 3.30. The zero-order valence-electron chi connectivity index (χ0n) is 10.3. The van der Waals surface area contributed by atoms with Gasteiger partial charge in [0, 0.05) is 6.20 Å². The minimum Gasteiger partial charge on any atom is -0.260 e. The van der Waals surface area contributed by atoms with E-state index in [0.29, 0.717) is 11.4 Å². The van der Waals surface area contributed by atoms with Gasteiger partial charge in [0.25, 0.3) is 10.0 Å². The molecule has 102 valence electrons. The average Bonchev–Trinajstić information content (AvgIpc) is 2.70. The van der Waals surface area contributed by atoms with E-state index in [1.165, 1.54) is 0 Å². The number of aromatic nitrogens is 2. The van der Waals surface area contributed by atoms with E-state index < -0.39 is 16.1 Å². The largest absolute Gasteiger partial charge is 0.260 e. The lowest BCUT2D eigenvalue weighted by atomic mass is 10.2. The maximum Gasteiger partial charge on any atom is 0.252 e. The fourth-order valence-electron chi connectivity index (χ4n) is 1.58. The van der Waals surface area contributed by atoms with Crippen LogP contribution in [0.15, 0.2) is 28.6 Å². The molecular formula is C11H12ClN3O2S2. The van der Waals surface area contributed by atoms with Crippen LogP contribution in [0.3, 0.4) is 0 Å². The lowest BCUT2D eigenvalue weighted by Gasteiger charge is -2.12. The molecule has 0 saturated heterocycles. The molecule has 1 unspecified atom stereocenters. The van der Waals surface area contributed by atoms with Crippen molar-refractivity contribution in [3.8, 4) is 0 Å². The lowest BCUT2D eigenvalue weighted by Crippen LogP contribution is -2.27. The van der Waals surface area contributed by atoms with Crippen LogP contribution >= 0.6 is 22.9 Å². The molecule has 2 rings (SSSR count). The minimum absolute atomic E-state index is 0.139. The molecule has 0 aromatic carbocycles. The van der Waals surface area contributed by atoms with Crippen molar-refractivity contribution in [2.75, 3.05) is 0 Å². The third-order valence-electron chi connectivity index (χ3n) is 2.44. The molecule has 0 radical (unpaired) electrons. The molecule has 0 aliphatic heterocycles. The van der Waals surface area contributed by atoms with Crippen LogP contribution < -0.4 is 4.72 Å². The summed E-state index contributed by atoms with van der Waals surface area (Å²) >= 11 is 6.67. The molecule has 8 heteroatoms. The van der Waals surface area contributed by atoms with E-state index in [1.807, 2.05) is 6.07 Å². The van der Waals surface area contributed by atoms with E-state index in [0.717, 1.165) is 11.3 Å². The minimum atomic E-state index is -3.64. The Morgan fingerprint density at radius 1 is 1.42 bits per heavy atom. The number of hydrogen-bond donors (Lipinski definition) is 1. The van der Waals surface area contributed by atoms with Gasteiger partial charge in [-0.05, 0) is 26.0 Å². The summed E-state index contributed by atoms with van der Waals surface area (Å²) in [6, 6.07) is 4.92. The SMILES string of the molecule is Cc1nc(Cl)sc1S(=O)(=O)NC(C)c1ccccn1. The van der Waals surface area contributed by atoms with Gasteiger partial charge in [-0.3, -0.25) is 4.98 Å². The highest BCUT2D eigenvalue weighted by atomic mass is 35.5. The number of nitrogens with zero attached hydrogens (tertiary/aromatic N) is 2. The topological polar surface area (TPSA) is 72.0 Å². The third-order valence-corrected chi connectivity index (χ3v) is 5.85. The second-order valence-electron chi connectivity index (χ2n) is 3.94. The predicted octanol–water partition coefficient (Wildman–Crippen LogP) is 2.54. The van der Waals surface area contributed by atoms with Gasteiger partial charge in [-0.15, -0.1) is 0 Å². The number of sulfonamides is 1. The summed E-state index contributed by atoms with van der Waals surface area (Å²) in [6.07, 6.45) is 1.62. The van der Waals surface area contributed by atoms with Crippen LogP contribution in [0, 0.1) is 6.92 Å². The van der Waals surface area contributed by atoms with Gasteiger partial charge in [-0.25, -0.2) is 18.1 Å². The van der Waals surface area contributed by atoms with Gasteiger partial charge in [-0.2, -0.15) is 0 Å². The fourth-order valence-corrected chi connectivity index (χ4v) is 4.55. The van der Waals surface area contributed by atoms with Crippen molar-refractivity contribution >= 4 is 33.0 Å². The summed E-state index contributed by atoms with van der Waals surface area (Å²) in [5.74, 6) is 0. The average molecular weight is 318 g/mol. The van der Waals surface area contributed by atoms with Crippen LogP contribution in [0.4, 0.5) is 0 Å². The molecule has 0 aliphatic rings. The Hall–Kier alpha value is -1.02. The van der Waals surface area contributed by atoms with E-state index in [9.17, 15) is 8.42 Å². The zero-order valence-corrected chi connectivity index (χ0v) is 12.7. The summed E-state index contributed by atoms with van der Waals surface area (Å²) in [5.41, 5.74) is 1.05. The number of nitrogens with one attached hydrogen (secondary N) is 1. The van der Waals surface area contributed by atoms with E-state index in [4.69, 9.17) is 11.6 Å². The maximum atomic E-state index is 12.2. The Bertz CT molecular complexity index is 671. The first-order valence-electron chi connectivity index (χ1n) is 5.46.